The zero-order valence-corrected chi connectivity index (χ0v) is 12.7. The van der Waals surface area contributed by atoms with Gasteiger partial charge in [0.1, 0.15) is 0 Å². The molecule has 3 nitrogen and oxygen atoms in total. The summed E-state index contributed by atoms with van der Waals surface area (Å²) in [4.78, 5) is 13.1. The molecule has 1 amide bonds. The van der Waals surface area contributed by atoms with Gasteiger partial charge in [0, 0.05) is 23.6 Å². The molecule has 1 atom stereocenters. The molecule has 1 aromatic carbocycles. The summed E-state index contributed by atoms with van der Waals surface area (Å²) in [5.41, 5.74) is 0.0914. The van der Waals surface area contributed by atoms with Gasteiger partial charge in [-0.05, 0) is 48.4 Å². The molecule has 2 aromatic rings. The molecule has 0 fully saturated rings. The van der Waals surface area contributed by atoms with Gasteiger partial charge in [0.05, 0.1) is 0 Å². The van der Waals surface area contributed by atoms with Gasteiger partial charge in [-0.1, -0.05) is 6.07 Å². The molecule has 0 unspecified atom stereocenters. The van der Waals surface area contributed by atoms with Crippen LogP contribution in [0, 0.1) is 11.6 Å². The molecule has 0 bridgehead atoms. The molecule has 6 heteroatoms. The Hall–Kier alpha value is -1.79. The third-order valence-corrected chi connectivity index (χ3v) is 4.42. The van der Waals surface area contributed by atoms with Crippen molar-refractivity contribution in [2.24, 2.45) is 0 Å². The second kappa shape index (κ2) is 8.00. The van der Waals surface area contributed by atoms with E-state index in [9.17, 15) is 13.6 Å². The first-order valence-electron chi connectivity index (χ1n) is 6.99. The molecule has 0 spiro atoms. The van der Waals surface area contributed by atoms with Gasteiger partial charge in [-0.3, -0.25) is 4.79 Å². The van der Waals surface area contributed by atoms with Gasteiger partial charge in [-0.25, -0.2) is 8.78 Å². The normalized spacial score (nSPS) is 12.1. The third kappa shape index (κ3) is 4.35. The summed E-state index contributed by atoms with van der Waals surface area (Å²) < 4.78 is 25.9. The Morgan fingerprint density at radius 1 is 1.23 bits per heavy atom. The number of thiophene rings is 1. The number of aliphatic hydroxyl groups excluding tert-OH is 1. The predicted molar refractivity (Wildman–Crippen MR) is 82.1 cm³/mol. The highest BCUT2D eigenvalue weighted by Crippen LogP contribution is 2.26. The molecule has 0 saturated carbocycles. The lowest BCUT2D eigenvalue weighted by atomic mass is 10.00. The SMILES string of the molecule is O=C(NCC[C@@H](CCO)c1cccs1)c1ccc(F)c(F)c1. The van der Waals surface area contributed by atoms with Crippen molar-refractivity contribution in [3.8, 4) is 0 Å². The van der Waals surface area contributed by atoms with E-state index in [1.165, 1.54) is 6.07 Å². The van der Waals surface area contributed by atoms with Crippen molar-refractivity contribution < 1.29 is 18.7 Å². The first kappa shape index (κ1) is 16.6. The molecule has 0 aliphatic heterocycles. The Balaban J connectivity index is 1.88. The first-order chi connectivity index (χ1) is 10.6. The second-order valence-corrected chi connectivity index (χ2v) is 5.88. The molecule has 0 aliphatic rings. The van der Waals surface area contributed by atoms with Crippen LogP contribution < -0.4 is 5.32 Å². The Labute approximate surface area is 131 Å². The number of amides is 1. The molecule has 2 rings (SSSR count). The monoisotopic (exact) mass is 325 g/mol. The average molecular weight is 325 g/mol. The maximum Gasteiger partial charge on any atom is 0.251 e. The van der Waals surface area contributed by atoms with Crippen LogP contribution in [0.5, 0.6) is 0 Å². The van der Waals surface area contributed by atoms with Gasteiger partial charge in [-0.15, -0.1) is 11.3 Å². The van der Waals surface area contributed by atoms with E-state index >= 15 is 0 Å². The van der Waals surface area contributed by atoms with Crippen LogP contribution in [0.15, 0.2) is 35.7 Å². The minimum absolute atomic E-state index is 0.0830. The van der Waals surface area contributed by atoms with Crippen LogP contribution in [0.25, 0.3) is 0 Å². The Morgan fingerprint density at radius 3 is 2.68 bits per heavy atom. The predicted octanol–water partition coefficient (Wildman–Crippen LogP) is 3.31. The van der Waals surface area contributed by atoms with E-state index in [2.05, 4.69) is 5.32 Å². The van der Waals surface area contributed by atoms with E-state index in [4.69, 9.17) is 5.11 Å². The smallest absolute Gasteiger partial charge is 0.251 e. The number of aliphatic hydroxyl groups is 1. The van der Waals surface area contributed by atoms with Gasteiger partial charge in [0.25, 0.3) is 5.91 Å². The van der Waals surface area contributed by atoms with Crippen molar-refractivity contribution >= 4 is 17.2 Å². The summed E-state index contributed by atoms with van der Waals surface area (Å²) >= 11 is 1.61. The lowest BCUT2D eigenvalue weighted by Crippen LogP contribution is -2.26. The van der Waals surface area contributed by atoms with Crippen LogP contribution in [-0.2, 0) is 0 Å². The summed E-state index contributed by atoms with van der Waals surface area (Å²) in [7, 11) is 0. The zero-order valence-electron chi connectivity index (χ0n) is 11.9. The molecule has 1 heterocycles. The largest absolute Gasteiger partial charge is 0.396 e. The Kier molecular flexibility index (Phi) is 6.03. The minimum atomic E-state index is -1.04. The Bertz CT molecular complexity index is 617. The van der Waals surface area contributed by atoms with Gasteiger partial charge < -0.3 is 10.4 Å². The average Bonchev–Trinajstić information content (AvgIpc) is 3.03. The van der Waals surface area contributed by atoms with Crippen molar-refractivity contribution in [3.05, 3.63) is 57.8 Å². The molecule has 22 heavy (non-hydrogen) atoms. The summed E-state index contributed by atoms with van der Waals surface area (Å²) in [6.45, 7) is 0.486. The van der Waals surface area contributed by atoms with E-state index < -0.39 is 17.5 Å². The maximum absolute atomic E-state index is 13.1. The zero-order chi connectivity index (χ0) is 15.9. The number of halogens is 2. The fraction of sp³-hybridized carbons (Fsp3) is 0.312. The molecule has 0 aliphatic carbocycles. The molecule has 2 N–H and O–H groups in total. The molecular weight excluding hydrogens is 308 g/mol. The summed E-state index contributed by atoms with van der Waals surface area (Å²) in [5.74, 6) is -2.27. The van der Waals surface area contributed by atoms with Crippen molar-refractivity contribution in [1.29, 1.82) is 0 Å². The number of nitrogens with one attached hydrogen (secondary N) is 1. The molecular formula is C16H17F2NO2S. The maximum atomic E-state index is 13.1. The quantitative estimate of drug-likeness (QED) is 0.820. The van der Waals surface area contributed by atoms with Gasteiger partial charge in [0.2, 0.25) is 0 Å². The minimum Gasteiger partial charge on any atom is -0.396 e. The van der Waals surface area contributed by atoms with Crippen LogP contribution in [-0.4, -0.2) is 24.2 Å². The van der Waals surface area contributed by atoms with Crippen LogP contribution in [0.1, 0.15) is 34.0 Å². The highest BCUT2D eigenvalue weighted by molar-refractivity contribution is 7.10. The number of carbonyl (C=O) groups is 1. The molecule has 0 saturated heterocycles. The van der Waals surface area contributed by atoms with Crippen molar-refractivity contribution in [2.45, 2.75) is 18.8 Å². The molecule has 0 radical (unpaired) electrons. The van der Waals surface area contributed by atoms with E-state index in [0.717, 1.165) is 17.0 Å². The number of carbonyl (C=O) groups excluding carboxylic acids is 1. The molecule has 1 aromatic heterocycles. The number of hydrogen-bond donors (Lipinski definition) is 2. The fourth-order valence-corrected chi connectivity index (χ4v) is 3.11. The lowest BCUT2D eigenvalue weighted by molar-refractivity contribution is 0.0951. The van der Waals surface area contributed by atoms with Gasteiger partial charge >= 0.3 is 0 Å². The summed E-state index contributed by atoms with van der Waals surface area (Å²) in [5, 5.41) is 13.8. The van der Waals surface area contributed by atoms with Crippen LogP contribution in [0.2, 0.25) is 0 Å². The van der Waals surface area contributed by atoms with E-state index in [1.54, 1.807) is 11.3 Å². The molecule has 118 valence electrons. The van der Waals surface area contributed by atoms with Crippen LogP contribution in [0.4, 0.5) is 8.78 Å². The highest BCUT2D eigenvalue weighted by Gasteiger charge is 2.14. The summed E-state index contributed by atoms with van der Waals surface area (Å²) in [6.07, 6.45) is 1.30. The highest BCUT2D eigenvalue weighted by atomic mass is 32.1. The number of benzene rings is 1. The van der Waals surface area contributed by atoms with Gasteiger partial charge in [0.15, 0.2) is 11.6 Å². The van der Waals surface area contributed by atoms with Gasteiger partial charge in [-0.2, -0.15) is 0 Å². The second-order valence-electron chi connectivity index (χ2n) is 4.90. The van der Waals surface area contributed by atoms with Crippen molar-refractivity contribution in [1.82, 2.24) is 5.32 Å². The first-order valence-corrected chi connectivity index (χ1v) is 7.87. The number of hydrogen-bond acceptors (Lipinski definition) is 3. The van der Waals surface area contributed by atoms with E-state index in [-0.39, 0.29) is 18.1 Å². The van der Waals surface area contributed by atoms with Crippen LogP contribution in [0.3, 0.4) is 0 Å². The van der Waals surface area contributed by atoms with E-state index in [1.807, 2.05) is 17.5 Å². The van der Waals surface area contributed by atoms with Crippen molar-refractivity contribution in [2.75, 3.05) is 13.2 Å². The van der Waals surface area contributed by atoms with Crippen molar-refractivity contribution in [3.63, 3.8) is 0 Å². The number of rotatable bonds is 7. The lowest BCUT2D eigenvalue weighted by Gasteiger charge is -2.14. The van der Waals surface area contributed by atoms with E-state index in [0.29, 0.717) is 19.4 Å². The third-order valence-electron chi connectivity index (χ3n) is 3.38. The standard InChI is InChI=1S/C16H17F2NO2S/c17-13-4-3-12(10-14(13)18)16(21)19-7-5-11(6-8-20)15-2-1-9-22-15/h1-4,9-11,20H,5-8H2,(H,19,21)/t11-/m0/s1. The summed E-state index contributed by atoms with van der Waals surface area (Å²) in [6, 6.07) is 7.02. The topological polar surface area (TPSA) is 49.3 Å². The fourth-order valence-electron chi connectivity index (χ4n) is 2.21. The Morgan fingerprint density at radius 2 is 2.05 bits per heavy atom. The van der Waals surface area contributed by atoms with Crippen LogP contribution >= 0.6 is 11.3 Å².